The average Bonchev–Trinajstić information content (AvgIpc) is 2.56. The number of piperidine rings is 1. The number of amides is 2. The van der Waals surface area contributed by atoms with Crippen LogP contribution in [0.3, 0.4) is 0 Å². The van der Waals surface area contributed by atoms with Crippen LogP contribution in [0.2, 0.25) is 5.02 Å². The van der Waals surface area contributed by atoms with Crippen LogP contribution in [0.1, 0.15) is 19.8 Å². The summed E-state index contributed by atoms with van der Waals surface area (Å²) in [4.78, 5) is 28.0. The quantitative estimate of drug-likeness (QED) is 0.903. The van der Waals surface area contributed by atoms with Crippen LogP contribution in [0.4, 0.5) is 10.1 Å². The van der Waals surface area contributed by atoms with Crippen molar-refractivity contribution in [3.05, 3.63) is 29.0 Å². The zero-order chi connectivity index (χ0) is 17.9. The van der Waals surface area contributed by atoms with Gasteiger partial charge in [-0.3, -0.25) is 14.5 Å². The number of nitrogens with zero attached hydrogens (tertiary/aromatic N) is 2. The minimum Gasteiger partial charge on any atom is -0.349 e. The lowest BCUT2D eigenvalue weighted by Crippen LogP contribution is -2.48. The highest BCUT2D eigenvalue weighted by atomic mass is 35.5. The Morgan fingerprint density at radius 1 is 1.33 bits per heavy atom. The number of carbonyl (C=O) groups is 2. The highest BCUT2D eigenvalue weighted by molar-refractivity contribution is 6.31. The van der Waals surface area contributed by atoms with Crippen LogP contribution in [0.25, 0.3) is 0 Å². The first-order valence-corrected chi connectivity index (χ1v) is 8.38. The Labute approximate surface area is 146 Å². The Balaban J connectivity index is 1.90. The molecule has 1 aliphatic heterocycles. The van der Waals surface area contributed by atoms with Gasteiger partial charge in [0.05, 0.1) is 11.1 Å². The predicted molar refractivity (Wildman–Crippen MR) is 92.5 cm³/mol. The van der Waals surface area contributed by atoms with Gasteiger partial charge < -0.3 is 10.2 Å². The van der Waals surface area contributed by atoms with Crippen molar-refractivity contribution in [1.82, 2.24) is 9.80 Å². The fourth-order valence-electron chi connectivity index (χ4n) is 2.89. The number of anilines is 1. The van der Waals surface area contributed by atoms with E-state index >= 15 is 0 Å². The molecule has 7 heteroatoms. The summed E-state index contributed by atoms with van der Waals surface area (Å²) in [5, 5.41) is 2.73. The number of likely N-dealkylation sites (tertiary alicyclic amines) is 1. The van der Waals surface area contributed by atoms with E-state index in [9.17, 15) is 14.0 Å². The van der Waals surface area contributed by atoms with Crippen molar-refractivity contribution in [2.75, 3.05) is 32.5 Å². The Kier molecular flexibility index (Phi) is 6.18. The second kappa shape index (κ2) is 7.94. The van der Waals surface area contributed by atoms with E-state index in [1.54, 1.807) is 19.0 Å². The maximum atomic E-state index is 13.2. The highest BCUT2D eigenvalue weighted by Crippen LogP contribution is 2.22. The average molecular weight is 356 g/mol. The summed E-state index contributed by atoms with van der Waals surface area (Å²) in [7, 11) is 3.53. The minimum atomic E-state index is -0.518. The summed E-state index contributed by atoms with van der Waals surface area (Å²) in [6.07, 6.45) is 1.49. The first-order valence-electron chi connectivity index (χ1n) is 8.00. The first-order chi connectivity index (χ1) is 11.3. The third kappa shape index (κ3) is 4.45. The lowest BCUT2D eigenvalue weighted by Gasteiger charge is -2.35. The van der Waals surface area contributed by atoms with E-state index in [0.717, 1.165) is 12.8 Å². The number of hydrogen-bond donors (Lipinski definition) is 1. The molecule has 24 heavy (non-hydrogen) atoms. The number of nitrogens with one attached hydrogen (secondary N) is 1. The summed E-state index contributed by atoms with van der Waals surface area (Å²) >= 11 is 5.72. The van der Waals surface area contributed by atoms with E-state index in [-0.39, 0.29) is 28.8 Å². The summed E-state index contributed by atoms with van der Waals surface area (Å²) < 4.78 is 13.2. The molecule has 0 spiro atoms. The van der Waals surface area contributed by atoms with Gasteiger partial charge in [-0.15, -0.1) is 0 Å². The summed E-state index contributed by atoms with van der Waals surface area (Å²) in [6, 6.07) is 3.77. The SMILES string of the molecule is C[C@@H](C(=O)Nc1ccc(F)c(Cl)c1)N1CCC(C(=O)N(C)C)CC1. The maximum absolute atomic E-state index is 13.2. The molecule has 1 aromatic carbocycles. The van der Waals surface area contributed by atoms with Crippen molar-refractivity contribution in [3.63, 3.8) is 0 Å². The molecule has 0 aliphatic carbocycles. The van der Waals surface area contributed by atoms with Gasteiger partial charge >= 0.3 is 0 Å². The number of benzene rings is 1. The van der Waals surface area contributed by atoms with Crippen LogP contribution in [-0.4, -0.2) is 54.8 Å². The summed E-state index contributed by atoms with van der Waals surface area (Å²) in [5.74, 6) is -0.513. The van der Waals surface area contributed by atoms with Gasteiger partial charge in [-0.05, 0) is 51.1 Å². The molecule has 1 heterocycles. The molecular formula is C17H23ClFN3O2. The fraction of sp³-hybridized carbons (Fsp3) is 0.529. The maximum Gasteiger partial charge on any atom is 0.241 e. The minimum absolute atomic E-state index is 0.0246. The van der Waals surface area contributed by atoms with E-state index in [1.165, 1.54) is 18.2 Å². The molecule has 1 aliphatic rings. The van der Waals surface area contributed by atoms with Crippen LogP contribution in [0.15, 0.2) is 18.2 Å². The van der Waals surface area contributed by atoms with Crippen molar-refractivity contribution in [2.45, 2.75) is 25.8 Å². The van der Waals surface area contributed by atoms with Crippen molar-refractivity contribution in [3.8, 4) is 0 Å². The molecule has 0 aromatic heterocycles. The Morgan fingerprint density at radius 2 is 1.96 bits per heavy atom. The number of rotatable bonds is 4. The van der Waals surface area contributed by atoms with E-state index in [0.29, 0.717) is 18.8 Å². The molecule has 1 atom stereocenters. The van der Waals surface area contributed by atoms with Crippen LogP contribution in [0, 0.1) is 11.7 Å². The van der Waals surface area contributed by atoms with Crippen molar-refractivity contribution in [1.29, 1.82) is 0 Å². The second-order valence-corrected chi connectivity index (χ2v) is 6.74. The van der Waals surface area contributed by atoms with Gasteiger partial charge in [-0.1, -0.05) is 11.6 Å². The van der Waals surface area contributed by atoms with E-state index < -0.39 is 5.82 Å². The Morgan fingerprint density at radius 3 is 2.50 bits per heavy atom. The second-order valence-electron chi connectivity index (χ2n) is 6.34. The predicted octanol–water partition coefficient (Wildman–Crippen LogP) is 2.61. The highest BCUT2D eigenvalue weighted by Gasteiger charge is 2.30. The third-order valence-corrected chi connectivity index (χ3v) is 4.72. The molecule has 2 rings (SSSR count). The van der Waals surface area contributed by atoms with Crippen molar-refractivity contribution in [2.24, 2.45) is 5.92 Å². The van der Waals surface area contributed by atoms with Gasteiger partial charge in [0, 0.05) is 25.7 Å². The van der Waals surface area contributed by atoms with Gasteiger partial charge in [-0.2, -0.15) is 0 Å². The first kappa shape index (κ1) is 18.7. The zero-order valence-corrected chi connectivity index (χ0v) is 14.9. The standard InChI is InChI=1S/C17H23ClFN3O2/c1-11(16(23)20-13-4-5-15(19)14(18)10-13)22-8-6-12(7-9-22)17(24)21(2)3/h4-5,10-12H,6-9H2,1-3H3,(H,20,23)/t11-/m0/s1. The van der Waals surface area contributed by atoms with Crippen molar-refractivity contribution < 1.29 is 14.0 Å². The largest absolute Gasteiger partial charge is 0.349 e. The van der Waals surface area contributed by atoms with Crippen LogP contribution in [0.5, 0.6) is 0 Å². The molecule has 1 fully saturated rings. The molecule has 0 bridgehead atoms. The summed E-state index contributed by atoms with van der Waals surface area (Å²) in [6.45, 7) is 3.22. The molecule has 2 amide bonds. The van der Waals surface area contributed by atoms with Gasteiger partial charge in [0.2, 0.25) is 11.8 Å². The molecule has 1 N–H and O–H groups in total. The van der Waals surface area contributed by atoms with E-state index in [4.69, 9.17) is 11.6 Å². The molecule has 1 saturated heterocycles. The van der Waals surface area contributed by atoms with Crippen molar-refractivity contribution >= 4 is 29.1 Å². The van der Waals surface area contributed by atoms with Crippen LogP contribution in [-0.2, 0) is 9.59 Å². The molecule has 0 unspecified atom stereocenters. The molecule has 132 valence electrons. The smallest absolute Gasteiger partial charge is 0.241 e. The van der Waals surface area contributed by atoms with Gasteiger partial charge in [0.15, 0.2) is 0 Å². The molecule has 0 saturated carbocycles. The van der Waals surface area contributed by atoms with Crippen LogP contribution >= 0.6 is 11.6 Å². The monoisotopic (exact) mass is 355 g/mol. The lowest BCUT2D eigenvalue weighted by atomic mass is 9.94. The summed E-state index contributed by atoms with van der Waals surface area (Å²) in [5.41, 5.74) is 0.468. The van der Waals surface area contributed by atoms with E-state index in [2.05, 4.69) is 10.2 Å². The fourth-order valence-corrected chi connectivity index (χ4v) is 3.07. The zero-order valence-electron chi connectivity index (χ0n) is 14.2. The van der Waals surface area contributed by atoms with Gasteiger partial charge in [-0.25, -0.2) is 4.39 Å². The van der Waals surface area contributed by atoms with E-state index in [1.807, 2.05) is 6.92 Å². The normalized spacial score (nSPS) is 17.4. The van der Waals surface area contributed by atoms with Crippen LogP contribution < -0.4 is 5.32 Å². The Bertz CT molecular complexity index is 616. The number of carbonyl (C=O) groups excluding carboxylic acids is 2. The molecule has 0 radical (unpaired) electrons. The molecule has 1 aromatic rings. The number of hydrogen-bond acceptors (Lipinski definition) is 3. The topological polar surface area (TPSA) is 52.7 Å². The Hall–Kier alpha value is -1.66. The third-order valence-electron chi connectivity index (χ3n) is 4.43. The van der Waals surface area contributed by atoms with Gasteiger partial charge in [0.1, 0.15) is 5.82 Å². The van der Waals surface area contributed by atoms with Gasteiger partial charge in [0.25, 0.3) is 0 Å². The number of halogens is 2. The lowest BCUT2D eigenvalue weighted by molar-refractivity contribution is -0.134. The molecule has 5 nitrogen and oxygen atoms in total. The molecular weight excluding hydrogens is 333 g/mol.